The molecule has 0 aliphatic heterocycles. The normalized spacial score (nSPS) is 10.9. The Hall–Kier alpha value is 1.04. The predicted octanol–water partition coefficient (Wildman–Crippen LogP) is -5.60. The van der Waals surface area contributed by atoms with Crippen molar-refractivity contribution in [3.05, 3.63) is 0 Å². The maximum atomic E-state index is 7.33. The van der Waals surface area contributed by atoms with E-state index in [1.54, 1.807) is 0 Å². The molecule has 0 spiro atoms. The molecule has 0 saturated carbocycles. The summed E-state index contributed by atoms with van der Waals surface area (Å²) in [4.78, 5) is 58.6. The average Bonchev–Trinajstić information content (AvgIpc) is 1.12. The zero-order valence-corrected chi connectivity index (χ0v) is 11.0. The van der Waals surface area contributed by atoms with Crippen LogP contribution in [0.15, 0.2) is 0 Å². The summed E-state index contributed by atoms with van der Waals surface area (Å²) >= 11 is 0. The van der Waals surface area contributed by atoms with Gasteiger partial charge in [-0.05, 0) is 0 Å². The van der Waals surface area contributed by atoms with Gasteiger partial charge in [-0.2, -0.15) is 0 Å². The van der Waals surface area contributed by atoms with Crippen LogP contribution in [-0.4, -0.2) is 83.8 Å². The van der Waals surface area contributed by atoms with Crippen LogP contribution in [0.3, 0.4) is 0 Å². The summed E-state index contributed by atoms with van der Waals surface area (Å²) in [5.74, 6) is 0. The van der Waals surface area contributed by atoms with Gasteiger partial charge in [0, 0.05) is 27.3 Å². The molecule has 0 heterocycles. The zero-order chi connectivity index (χ0) is 9.00. The smallest absolute Gasteiger partial charge is 0.368 e. The van der Waals surface area contributed by atoms with E-state index in [4.69, 9.17) is 38.4 Å². The van der Waals surface area contributed by atoms with Crippen molar-refractivity contribution >= 4 is 45.4 Å². The van der Waals surface area contributed by atoms with Crippen LogP contribution in [0.2, 0.25) is 0 Å². The predicted molar refractivity (Wildman–Crippen MR) is 35.0 cm³/mol. The topological polar surface area (TPSA) is 162 Å². The minimum atomic E-state index is -4.61. The number of hydrogen-bond donors (Lipinski definition) is 8. The fourth-order valence-corrected chi connectivity index (χ4v) is 0. The summed E-state index contributed by atoms with van der Waals surface area (Å²) in [5.41, 5.74) is 0. The van der Waals surface area contributed by atoms with Gasteiger partial charge in [-0.25, -0.2) is 0 Å². The molecule has 68 valence electrons. The van der Waals surface area contributed by atoms with Gasteiger partial charge in [-0.3, -0.25) is 0 Å². The molecule has 0 aliphatic rings. The molecule has 0 unspecified atom stereocenters. The van der Waals surface area contributed by atoms with E-state index in [1.165, 1.54) is 0 Å². The molecule has 0 aromatic carbocycles. The van der Waals surface area contributed by atoms with Crippen LogP contribution >= 0.6 is 0 Å². The Morgan fingerprint density at radius 3 is 0.455 bits per heavy atom. The number of hydrogen-bond acceptors (Lipinski definition) is 8. The molecule has 0 aromatic heterocycles. The largest absolute Gasteiger partial charge is 0.668 e. The van der Waals surface area contributed by atoms with E-state index < -0.39 is 18.1 Å². The maximum Gasteiger partial charge on any atom is 0.668 e. The quantitative estimate of drug-likeness (QED) is 0.187. The van der Waals surface area contributed by atoms with E-state index in [0.717, 1.165) is 0 Å². The summed E-state index contributed by atoms with van der Waals surface area (Å²) in [7, 11) is -9.22. The Bertz CT molecular complexity index is 55.1. The Balaban J connectivity index is -0.000000107. The molecule has 0 atom stereocenters. The van der Waals surface area contributed by atoms with Crippen LogP contribution < -0.4 is 0 Å². The minimum Gasteiger partial charge on any atom is -0.368 e. The van der Waals surface area contributed by atoms with Crippen molar-refractivity contribution in [1.82, 2.24) is 0 Å². The second-order valence-corrected chi connectivity index (χ2v) is 3.60. The molecule has 8 N–H and O–H groups in total. The van der Waals surface area contributed by atoms with Crippen LogP contribution in [0.4, 0.5) is 0 Å². The molecule has 8 nitrogen and oxygen atoms in total. The molecule has 11 heteroatoms. The van der Waals surface area contributed by atoms with E-state index in [1.807, 2.05) is 0 Å². The standard InChI is InChI=1S/2H4O4Si.Pb/c2*1-5(2,3)4;/h2*1-4H;. The molecular weight excluding hydrogens is 391 g/mol. The van der Waals surface area contributed by atoms with Crippen molar-refractivity contribution < 1.29 is 38.4 Å². The van der Waals surface area contributed by atoms with Crippen LogP contribution in [0.25, 0.3) is 0 Å². The summed E-state index contributed by atoms with van der Waals surface area (Å²) < 4.78 is 0. The molecule has 0 fully saturated rings. The summed E-state index contributed by atoms with van der Waals surface area (Å²) in [6.07, 6.45) is 0. The molecule has 0 aliphatic carbocycles. The third-order valence-electron chi connectivity index (χ3n) is 0. The first kappa shape index (κ1) is 18.0. The van der Waals surface area contributed by atoms with Gasteiger partial charge in [0.1, 0.15) is 0 Å². The Morgan fingerprint density at radius 2 is 0.455 bits per heavy atom. The molecule has 4 radical (unpaired) electrons. The summed E-state index contributed by atoms with van der Waals surface area (Å²) in [5, 5.41) is 0. The van der Waals surface area contributed by atoms with E-state index in [0.29, 0.717) is 0 Å². The molecule has 0 aromatic rings. The first-order chi connectivity index (χ1) is 4.00. The van der Waals surface area contributed by atoms with Crippen LogP contribution in [0.5, 0.6) is 0 Å². The van der Waals surface area contributed by atoms with Gasteiger partial charge >= 0.3 is 18.1 Å². The summed E-state index contributed by atoms with van der Waals surface area (Å²) in [6, 6.07) is 0. The van der Waals surface area contributed by atoms with Gasteiger partial charge in [0.25, 0.3) is 0 Å². The molecular formula is H8O8PbSi2. The van der Waals surface area contributed by atoms with Crippen molar-refractivity contribution in [3.63, 3.8) is 0 Å². The van der Waals surface area contributed by atoms with Crippen LogP contribution in [0.1, 0.15) is 0 Å². The SMILES string of the molecule is O[Si](O)(O)O.O[Si](O)(O)O.[Pb]. The fraction of sp³-hybridized carbons (Fsp3) is 0. The van der Waals surface area contributed by atoms with Gasteiger partial charge in [0.2, 0.25) is 0 Å². The second kappa shape index (κ2) is 6.54. The van der Waals surface area contributed by atoms with Crippen molar-refractivity contribution in [2.75, 3.05) is 0 Å². The second-order valence-electron chi connectivity index (χ2n) is 1.20. The number of rotatable bonds is 0. The van der Waals surface area contributed by atoms with E-state index >= 15 is 0 Å². The fourth-order valence-electron chi connectivity index (χ4n) is 0. The van der Waals surface area contributed by atoms with Crippen molar-refractivity contribution in [1.29, 1.82) is 0 Å². The van der Waals surface area contributed by atoms with Gasteiger partial charge in [0.05, 0.1) is 0 Å². The average molecular weight is 399 g/mol. The van der Waals surface area contributed by atoms with Gasteiger partial charge in [0.15, 0.2) is 0 Å². The first-order valence-corrected chi connectivity index (χ1v) is 5.37. The molecule has 11 heavy (non-hydrogen) atoms. The molecule has 0 bridgehead atoms. The maximum absolute atomic E-state index is 7.33. The van der Waals surface area contributed by atoms with E-state index in [9.17, 15) is 0 Å². The minimum absolute atomic E-state index is 0. The first-order valence-electron chi connectivity index (χ1n) is 1.79. The van der Waals surface area contributed by atoms with Gasteiger partial charge in [-0.1, -0.05) is 0 Å². The van der Waals surface area contributed by atoms with Crippen molar-refractivity contribution in [3.8, 4) is 0 Å². The summed E-state index contributed by atoms with van der Waals surface area (Å²) in [6.45, 7) is 0. The zero-order valence-electron chi connectivity index (χ0n) is 5.08. The Morgan fingerprint density at radius 1 is 0.455 bits per heavy atom. The molecule has 0 rings (SSSR count). The van der Waals surface area contributed by atoms with Crippen LogP contribution in [-0.2, 0) is 0 Å². The monoisotopic (exact) mass is 400 g/mol. The van der Waals surface area contributed by atoms with E-state index in [-0.39, 0.29) is 27.3 Å². The van der Waals surface area contributed by atoms with Gasteiger partial charge < -0.3 is 38.4 Å². The van der Waals surface area contributed by atoms with E-state index in [2.05, 4.69) is 0 Å². The Labute approximate surface area is 83.8 Å². The molecule has 0 amide bonds. The van der Waals surface area contributed by atoms with Crippen LogP contribution in [0, 0.1) is 0 Å². The third kappa shape index (κ3) is 840. The van der Waals surface area contributed by atoms with Crippen molar-refractivity contribution in [2.24, 2.45) is 0 Å². The molecule has 0 saturated heterocycles. The third-order valence-corrected chi connectivity index (χ3v) is 0. The van der Waals surface area contributed by atoms with Crippen molar-refractivity contribution in [2.45, 2.75) is 0 Å². The van der Waals surface area contributed by atoms with Gasteiger partial charge in [-0.15, -0.1) is 0 Å². The Kier molecular flexibility index (Phi) is 10.7.